The predicted molar refractivity (Wildman–Crippen MR) is 52.3 cm³/mol. The smallest absolute Gasteiger partial charge is 0.155 e. The Bertz CT molecular complexity index is 176. The molecular formula is C4H3I2NS. The van der Waals surface area contributed by atoms with Gasteiger partial charge in [-0.25, -0.2) is 4.98 Å². The van der Waals surface area contributed by atoms with Gasteiger partial charge in [-0.05, 0) is 52.1 Å². The lowest BCUT2D eigenvalue weighted by molar-refractivity contribution is 1.29. The second kappa shape index (κ2) is 2.78. The number of nitrogens with zero attached hydrogens (tertiary/aromatic N) is 1. The molecule has 0 amide bonds. The molecule has 1 rings (SSSR count). The van der Waals surface area contributed by atoms with Crippen LogP contribution in [0.3, 0.4) is 0 Å². The third-order valence-corrected chi connectivity index (χ3v) is 3.79. The Morgan fingerprint density at radius 1 is 1.50 bits per heavy atom. The van der Waals surface area contributed by atoms with Crippen LogP contribution in [0.25, 0.3) is 0 Å². The molecule has 0 radical (unpaired) electrons. The van der Waals surface area contributed by atoms with Crippen molar-refractivity contribution in [3.8, 4) is 0 Å². The van der Waals surface area contributed by atoms with Crippen LogP contribution < -0.4 is 0 Å². The molecule has 0 bridgehead atoms. The van der Waals surface area contributed by atoms with Gasteiger partial charge in [-0.15, -0.1) is 11.3 Å². The van der Waals surface area contributed by atoms with Crippen molar-refractivity contribution in [2.24, 2.45) is 0 Å². The Hall–Kier alpha value is 1.09. The zero-order valence-corrected chi connectivity index (χ0v) is 9.24. The molecule has 0 aromatic carbocycles. The summed E-state index contributed by atoms with van der Waals surface area (Å²) >= 11 is 6.21. The molecule has 0 aliphatic heterocycles. The van der Waals surface area contributed by atoms with Crippen molar-refractivity contribution < 1.29 is 0 Å². The van der Waals surface area contributed by atoms with E-state index in [9.17, 15) is 0 Å². The third kappa shape index (κ3) is 1.53. The summed E-state index contributed by atoms with van der Waals surface area (Å²) in [6.45, 7) is 2.08. The first-order valence-electron chi connectivity index (χ1n) is 1.98. The molecule has 4 heteroatoms. The molecule has 1 aromatic heterocycles. The van der Waals surface area contributed by atoms with Gasteiger partial charge in [-0.3, -0.25) is 0 Å². The normalized spacial score (nSPS) is 9.88. The second-order valence-corrected chi connectivity index (χ2v) is 5.29. The number of rotatable bonds is 0. The Morgan fingerprint density at radius 3 is 2.25 bits per heavy atom. The van der Waals surface area contributed by atoms with Gasteiger partial charge >= 0.3 is 0 Å². The minimum absolute atomic E-state index is 1.13. The fourth-order valence-corrected chi connectivity index (χ4v) is 3.30. The summed E-state index contributed by atoms with van der Waals surface area (Å²) < 4.78 is 2.27. The highest BCUT2D eigenvalue weighted by Gasteiger charge is 1.98. The van der Waals surface area contributed by atoms with E-state index in [0.717, 1.165) is 6.72 Å². The van der Waals surface area contributed by atoms with Crippen LogP contribution in [-0.4, -0.2) is 4.98 Å². The van der Waals surface area contributed by atoms with Crippen LogP contribution in [0.1, 0.15) is 4.88 Å². The third-order valence-electron chi connectivity index (χ3n) is 0.714. The van der Waals surface area contributed by atoms with E-state index < -0.39 is 0 Å². The molecule has 1 nitrogen and oxygen atoms in total. The van der Waals surface area contributed by atoms with Gasteiger partial charge in [0.15, 0.2) is 3.01 Å². The largest absolute Gasteiger partial charge is 0.224 e. The van der Waals surface area contributed by atoms with Crippen molar-refractivity contribution in [2.75, 3.05) is 0 Å². The first-order valence-corrected chi connectivity index (χ1v) is 4.96. The molecule has 0 aliphatic rings. The highest BCUT2D eigenvalue weighted by Crippen LogP contribution is 2.19. The molecule has 0 atom stereocenters. The minimum atomic E-state index is 1.13. The number of thiazole rings is 1. The number of aryl methyl sites for hydroxylation is 1. The van der Waals surface area contributed by atoms with Gasteiger partial charge in [0, 0.05) is 4.88 Å². The molecule has 0 N–H and O–H groups in total. The predicted octanol–water partition coefficient (Wildman–Crippen LogP) is 2.66. The highest BCUT2D eigenvalue weighted by molar-refractivity contribution is 14.1. The quantitative estimate of drug-likeness (QED) is 0.655. The second-order valence-electron chi connectivity index (χ2n) is 1.31. The van der Waals surface area contributed by atoms with E-state index >= 15 is 0 Å². The van der Waals surface area contributed by atoms with Gasteiger partial charge in [-0.2, -0.15) is 0 Å². The van der Waals surface area contributed by atoms with Crippen LogP contribution in [0, 0.1) is 13.6 Å². The first-order chi connectivity index (χ1) is 3.70. The first kappa shape index (κ1) is 7.20. The average Bonchev–Trinajstić information content (AvgIpc) is 1.85. The van der Waals surface area contributed by atoms with Gasteiger partial charge in [0.25, 0.3) is 0 Å². The topological polar surface area (TPSA) is 12.9 Å². The van der Waals surface area contributed by atoms with Gasteiger partial charge in [0.05, 0.1) is 0 Å². The van der Waals surface area contributed by atoms with E-state index in [1.165, 1.54) is 4.88 Å². The van der Waals surface area contributed by atoms with Crippen LogP contribution in [0.4, 0.5) is 0 Å². The Labute approximate surface area is 79.2 Å². The zero-order valence-electron chi connectivity index (χ0n) is 4.11. The van der Waals surface area contributed by atoms with Crippen molar-refractivity contribution in [1.82, 2.24) is 4.98 Å². The van der Waals surface area contributed by atoms with Crippen LogP contribution in [0.5, 0.6) is 0 Å². The van der Waals surface area contributed by atoms with Crippen molar-refractivity contribution >= 4 is 56.5 Å². The van der Waals surface area contributed by atoms with Crippen molar-refractivity contribution in [1.29, 1.82) is 0 Å². The zero-order chi connectivity index (χ0) is 6.15. The number of aromatic nitrogens is 1. The maximum atomic E-state index is 4.20. The standard InChI is InChI=1S/C4H3I2NS/c1-2-3(5)7-4(6)8-2/h1H3. The molecule has 0 unspecified atom stereocenters. The van der Waals surface area contributed by atoms with E-state index in [1.54, 1.807) is 11.3 Å². The fraction of sp³-hybridized carbons (Fsp3) is 0.250. The number of hydrogen-bond acceptors (Lipinski definition) is 2. The van der Waals surface area contributed by atoms with Gasteiger partial charge in [-0.1, -0.05) is 0 Å². The summed E-state index contributed by atoms with van der Waals surface area (Å²) in [5, 5.41) is 0. The van der Waals surface area contributed by atoms with Crippen LogP contribution in [0.2, 0.25) is 0 Å². The molecule has 0 saturated heterocycles. The SMILES string of the molecule is Cc1sc(I)nc1I. The fourth-order valence-electron chi connectivity index (χ4n) is 0.347. The summed E-state index contributed by atoms with van der Waals surface area (Å²) in [7, 11) is 0. The lowest BCUT2D eigenvalue weighted by Gasteiger charge is -1.74. The Kier molecular flexibility index (Phi) is 2.50. The maximum Gasteiger partial charge on any atom is 0.155 e. The van der Waals surface area contributed by atoms with Gasteiger partial charge < -0.3 is 0 Å². The molecule has 0 saturated carbocycles. The summed E-state index contributed by atoms with van der Waals surface area (Å²) in [5.74, 6) is 0. The molecule has 0 aliphatic carbocycles. The lowest BCUT2D eigenvalue weighted by atomic mass is 10.7. The summed E-state index contributed by atoms with van der Waals surface area (Å²) in [5.41, 5.74) is 0. The average molecular weight is 351 g/mol. The molecule has 8 heavy (non-hydrogen) atoms. The molecular weight excluding hydrogens is 348 g/mol. The van der Waals surface area contributed by atoms with E-state index in [1.807, 2.05) is 0 Å². The van der Waals surface area contributed by atoms with Crippen molar-refractivity contribution in [3.63, 3.8) is 0 Å². The van der Waals surface area contributed by atoms with Crippen molar-refractivity contribution in [2.45, 2.75) is 6.92 Å². The maximum absolute atomic E-state index is 4.20. The number of hydrogen-bond donors (Lipinski definition) is 0. The minimum Gasteiger partial charge on any atom is -0.224 e. The molecule has 1 heterocycles. The summed E-state index contributed by atoms with van der Waals surface area (Å²) in [6, 6.07) is 0. The van der Waals surface area contributed by atoms with Crippen LogP contribution in [-0.2, 0) is 0 Å². The van der Waals surface area contributed by atoms with Crippen molar-refractivity contribution in [3.05, 3.63) is 11.6 Å². The van der Waals surface area contributed by atoms with Gasteiger partial charge in [0.1, 0.15) is 3.70 Å². The van der Waals surface area contributed by atoms with Crippen LogP contribution in [0.15, 0.2) is 0 Å². The summed E-state index contributed by atoms with van der Waals surface area (Å²) in [6.07, 6.45) is 0. The molecule has 44 valence electrons. The highest BCUT2D eigenvalue weighted by atomic mass is 127. The van der Waals surface area contributed by atoms with Gasteiger partial charge in [0.2, 0.25) is 0 Å². The number of halogens is 2. The Balaban J connectivity index is 3.14. The summed E-state index contributed by atoms with van der Waals surface area (Å²) in [4.78, 5) is 5.52. The van der Waals surface area contributed by atoms with E-state index in [-0.39, 0.29) is 0 Å². The van der Waals surface area contributed by atoms with E-state index in [2.05, 4.69) is 57.1 Å². The van der Waals surface area contributed by atoms with E-state index in [0.29, 0.717) is 0 Å². The molecule has 0 spiro atoms. The van der Waals surface area contributed by atoms with Crippen LogP contribution >= 0.6 is 56.5 Å². The molecule has 1 aromatic rings. The van der Waals surface area contributed by atoms with E-state index in [4.69, 9.17) is 0 Å². The Morgan fingerprint density at radius 2 is 2.12 bits per heavy atom. The molecule has 0 fully saturated rings. The lowest BCUT2D eigenvalue weighted by Crippen LogP contribution is -1.69. The monoisotopic (exact) mass is 351 g/mol.